The van der Waals surface area contributed by atoms with Crippen LogP contribution in [0.25, 0.3) is 22.6 Å². The second kappa shape index (κ2) is 17.0. The minimum Gasteiger partial charge on any atom is -0.460 e. The van der Waals surface area contributed by atoms with Crippen LogP contribution in [0.3, 0.4) is 0 Å². The number of carbonyl (C=O) groups excluding carboxylic acids is 1. The SMILES string of the molecule is FC(F)(F)c1cccc(N2CCN(Cc3ccc(-c4ccccc4)o3)CC2)c1.O=C(c1ccc(-c2ccccc2)o1)N1CCN(c2cccc(C(F)(F)F)c2)CC1. The normalized spacial score (nSPS) is 15.3. The van der Waals surface area contributed by atoms with Crippen LogP contribution in [0.5, 0.6) is 0 Å². The molecule has 2 fully saturated rings. The molecule has 1 amide bonds. The Labute approximate surface area is 326 Å². The van der Waals surface area contributed by atoms with Crippen molar-refractivity contribution in [3.8, 4) is 22.6 Å². The third kappa shape index (κ3) is 9.90. The largest absolute Gasteiger partial charge is 0.460 e. The maximum absolute atomic E-state index is 12.9. The minimum absolute atomic E-state index is 0.212. The van der Waals surface area contributed by atoms with E-state index in [4.69, 9.17) is 8.83 Å². The fourth-order valence-electron chi connectivity index (χ4n) is 6.90. The van der Waals surface area contributed by atoms with Gasteiger partial charge < -0.3 is 23.5 Å². The summed E-state index contributed by atoms with van der Waals surface area (Å²) in [6, 6.07) is 37.7. The molecule has 0 atom stereocenters. The molecule has 4 heterocycles. The lowest BCUT2D eigenvalue weighted by Gasteiger charge is -2.36. The Morgan fingerprint density at radius 2 is 0.982 bits per heavy atom. The number of hydrogen-bond acceptors (Lipinski definition) is 6. The van der Waals surface area contributed by atoms with Crippen LogP contribution in [-0.4, -0.2) is 68.1 Å². The van der Waals surface area contributed by atoms with Gasteiger partial charge in [-0.2, -0.15) is 26.3 Å². The zero-order valence-corrected chi connectivity index (χ0v) is 30.8. The first-order valence-corrected chi connectivity index (χ1v) is 18.6. The van der Waals surface area contributed by atoms with Crippen LogP contribution in [0.15, 0.2) is 142 Å². The molecule has 57 heavy (non-hydrogen) atoms. The van der Waals surface area contributed by atoms with Gasteiger partial charge in [-0.3, -0.25) is 9.69 Å². The first kappa shape index (κ1) is 39.3. The van der Waals surface area contributed by atoms with Gasteiger partial charge in [0.05, 0.1) is 17.7 Å². The number of rotatable bonds is 7. The summed E-state index contributed by atoms with van der Waals surface area (Å²) in [6.07, 6.45) is -8.68. The van der Waals surface area contributed by atoms with Crippen molar-refractivity contribution in [2.45, 2.75) is 18.9 Å². The van der Waals surface area contributed by atoms with Crippen molar-refractivity contribution < 1.29 is 40.0 Å². The van der Waals surface area contributed by atoms with Crippen molar-refractivity contribution in [2.75, 3.05) is 62.2 Å². The standard InChI is InChI=1S/C22H19F3N2O2.C22H21F3N2O/c23-22(24,25)17-7-4-8-18(15-17)26-11-13-27(14-12-26)21(28)20-10-9-19(29-20)16-5-2-1-3-6-16;23-22(24,25)18-7-4-8-19(15-18)27-13-11-26(12-14-27)16-20-9-10-21(28-20)17-5-2-1-3-6-17/h1-10,15H,11-14H2;1-10,15H,11-14,16H2. The summed E-state index contributed by atoms with van der Waals surface area (Å²) in [5.41, 5.74) is 1.80. The predicted molar refractivity (Wildman–Crippen MR) is 207 cm³/mol. The molecule has 2 aliphatic rings. The predicted octanol–water partition coefficient (Wildman–Crippen LogP) is 10.2. The van der Waals surface area contributed by atoms with Crippen LogP contribution in [0, 0.1) is 0 Å². The number of halogens is 6. The molecule has 0 unspecified atom stereocenters. The van der Waals surface area contributed by atoms with Gasteiger partial charge in [-0.25, -0.2) is 0 Å². The van der Waals surface area contributed by atoms with E-state index in [1.54, 1.807) is 29.2 Å². The van der Waals surface area contributed by atoms with Crippen LogP contribution in [-0.2, 0) is 18.9 Å². The van der Waals surface area contributed by atoms with Crippen LogP contribution in [0.4, 0.5) is 37.7 Å². The second-order valence-corrected chi connectivity index (χ2v) is 13.8. The van der Waals surface area contributed by atoms with E-state index >= 15 is 0 Å². The summed E-state index contributed by atoms with van der Waals surface area (Å²) < 4.78 is 89.3. The summed E-state index contributed by atoms with van der Waals surface area (Å²) in [5.74, 6) is 2.41. The average molecular weight is 787 g/mol. The Hall–Kier alpha value is -5.95. The molecule has 0 bridgehead atoms. The molecule has 0 N–H and O–H groups in total. The smallest absolute Gasteiger partial charge is 0.416 e. The van der Waals surface area contributed by atoms with Crippen LogP contribution in [0.1, 0.15) is 27.4 Å². The third-order valence-electron chi connectivity index (χ3n) is 9.99. The van der Waals surface area contributed by atoms with E-state index < -0.39 is 23.5 Å². The summed E-state index contributed by atoms with van der Waals surface area (Å²) >= 11 is 0. The van der Waals surface area contributed by atoms with Gasteiger partial charge in [0.1, 0.15) is 17.3 Å². The molecule has 0 aliphatic carbocycles. The lowest BCUT2D eigenvalue weighted by Crippen LogP contribution is -2.48. The van der Waals surface area contributed by atoms with Gasteiger partial charge in [0, 0.05) is 74.9 Å². The first-order chi connectivity index (χ1) is 27.4. The van der Waals surface area contributed by atoms with Crippen LogP contribution in [0.2, 0.25) is 0 Å². The molecule has 2 aliphatic heterocycles. The quantitative estimate of drug-likeness (QED) is 0.150. The topological polar surface area (TPSA) is 56.3 Å². The van der Waals surface area contributed by atoms with Gasteiger partial charge in [0.15, 0.2) is 5.76 Å². The van der Waals surface area contributed by atoms with Crippen molar-refractivity contribution in [1.29, 1.82) is 0 Å². The highest BCUT2D eigenvalue weighted by Crippen LogP contribution is 2.33. The number of nitrogens with zero attached hydrogens (tertiary/aromatic N) is 4. The zero-order chi connectivity index (χ0) is 40.0. The molecule has 13 heteroatoms. The molecule has 2 aromatic heterocycles. The Kier molecular flexibility index (Phi) is 11.7. The molecule has 8 rings (SSSR count). The van der Waals surface area contributed by atoms with E-state index in [0.717, 1.165) is 53.9 Å². The Bertz CT molecular complexity index is 2220. The van der Waals surface area contributed by atoms with E-state index in [0.29, 0.717) is 62.9 Å². The summed E-state index contributed by atoms with van der Waals surface area (Å²) in [4.78, 5) is 20.5. The molecular formula is C44H40F6N4O3. The number of piperazine rings is 2. The maximum Gasteiger partial charge on any atom is 0.416 e. The number of alkyl halides is 6. The van der Waals surface area contributed by atoms with E-state index in [-0.39, 0.29) is 11.7 Å². The van der Waals surface area contributed by atoms with E-state index in [9.17, 15) is 31.1 Å². The van der Waals surface area contributed by atoms with Gasteiger partial charge in [-0.1, -0.05) is 72.8 Å². The first-order valence-electron chi connectivity index (χ1n) is 18.6. The van der Waals surface area contributed by atoms with Crippen molar-refractivity contribution in [3.05, 3.63) is 156 Å². The van der Waals surface area contributed by atoms with E-state index in [1.165, 1.54) is 18.2 Å². The van der Waals surface area contributed by atoms with Gasteiger partial charge >= 0.3 is 12.4 Å². The van der Waals surface area contributed by atoms with Crippen LogP contribution >= 0.6 is 0 Å². The highest BCUT2D eigenvalue weighted by molar-refractivity contribution is 5.92. The van der Waals surface area contributed by atoms with Crippen LogP contribution < -0.4 is 9.80 Å². The number of anilines is 2. The third-order valence-corrected chi connectivity index (χ3v) is 9.99. The summed E-state index contributed by atoms with van der Waals surface area (Å²) in [5, 5.41) is 0. The Morgan fingerprint density at radius 3 is 1.49 bits per heavy atom. The fraction of sp³-hybridized carbons (Fsp3) is 0.250. The van der Waals surface area contributed by atoms with Gasteiger partial charge in [0.25, 0.3) is 5.91 Å². The highest BCUT2D eigenvalue weighted by Gasteiger charge is 2.32. The Morgan fingerprint density at radius 1 is 0.509 bits per heavy atom. The summed E-state index contributed by atoms with van der Waals surface area (Å²) in [6.45, 7) is 5.37. The lowest BCUT2D eigenvalue weighted by atomic mass is 10.1. The zero-order valence-electron chi connectivity index (χ0n) is 30.8. The molecule has 296 valence electrons. The average Bonchev–Trinajstić information content (AvgIpc) is 3.92. The maximum atomic E-state index is 12.9. The molecule has 4 aromatic carbocycles. The molecule has 2 saturated heterocycles. The number of amides is 1. The summed E-state index contributed by atoms with van der Waals surface area (Å²) in [7, 11) is 0. The molecule has 0 spiro atoms. The number of furan rings is 2. The molecule has 0 saturated carbocycles. The van der Waals surface area contributed by atoms with Crippen molar-refractivity contribution in [3.63, 3.8) is 0 Å². The monoisotopic (exact) mass is 786 g/mol. The van der Waals surface area contributed by atoms with Gasteiger partial charge in [-0.05, 0) is 60.7 Å². The van der Waals surface area contributed by atoms with Crippen molar-refractivity contribution >= 4 is 17.3 Å². The molecule has 0 radical (unpaired) electrons. The van der Waals surface area contributed by atoms with Crippen molar-refractivity contribution in [2.24, 2.45) is 0 Å². The number of benzene rings is 4. The van der Waals surface area contributed by atoms with Crippen molar-refractivity contribution in [1.82, 2.24) is 9.80 Å². The molecule has 7 nitrogen and oxygen atoms in total. The number of hydrogen-bond donors (Lipinski definition) is 0. The highest BCUT2D eigenvalue weighted by atomic mass is 19.4. The second-order valence-electron chi connectivity index (χ2n) is 13.8. The number of carbonyl (C=O) groups is 1. The van der Waals surface area contributed by atoms with E-state index in [1.807, 2.05) is 82.6 Å². The Balaban J connectivity index is 0.000000174. The van der Waals surface area contributed by atoms with E-state index in [2.05, 4.69) is 4.90 Å². The lowest BCUT2D eigenvalue weighted by molar-refractivity contribution is -0.138. The molecular weight excluding hydrogens is 746 g/mol. The van der Waals surface area contributed by atoms with Gasteiger partial charge in [-0.15, -0.1) is 0 Å². The van der Waals surface area contributed by atoms with Gasteiger partial charge in [0.2, 0.25) is 0 Å². The minimum atomic E-state index is -4.37. The molecule has 6 aromatic rings. The fourth-order valence-corrected chi connectivity index (χ4v) is 6.90.